The average Bonchev–Trinajstić information content (AvgIpc) is 3.23. The number of benzene rings is 3. The highest BCUT2D eigenvalue weighted by Crippen LogP contribution is 2.25. The second-order valence-electron chi connectivity index (χ2n) is 6.83. The van der Waals surface area contributed by atoms with Crippen LogP contribution in [0.3, 0.4) is 0 Å². The van der Waals surface area contributed by atoms with E-state index in [0.29, 0.717) is 5.56 Å². The molecule has 1 heterocycles. The van der Waals surface area contributed by atoms with Crippen molar-refractivity contribution in [1.82, 2.24) is 9.78 Å². The van der Waals surface area contributed by atoms with Crippen molar-refractivity contribution in [3.05, 3.63) is 114 Å². The summed E-state index contributed by atoms with van der Waals surface area (Å²) in [6, 6.07) is 27.7. The second-order valence-corrected chi connectivity index (χ2v) is 6.83. The Hall–Kier alpha value is -3.72. The van der Waals surface area contributed by atoms with E-state index in [1.54, 1.807) is 6.08 Å². The van der Waals surface area contributed by atoms with Gasteiger partial charge in [-0.2, -0.15) is 5.10 Å². The van der Waals surface area contributed by atoms with Crippen LogP contribution in [-0.4, -0.2) is 15.6 Å². The van der Waals surface area contributed by atoms with Crippen LogP contribution in [0.1, 0.15) is 28.4 Å². The van der Waals surface area contributed by atoms with Crippen molar-refractivity contribution >= 4 is 11.9 Å². The molecule has 29 heavy (non-hydrogen) atoms. The molecule has 0 spiro atoms. The second kappa shape index (κ2) is 8.53. The largest absolute Gasteiger partial charge is 0.289 e. The van der Waals surface area contributed by atoms with Gasteiger partial charge >= 0.3 is 0 Å². The third-order valence-electron chi connectivity index (χ3n) is 4.87. The lowest BCUT2D eigenvalue weighted by Crippen LogP contribution is -1.94. The zero-order chi connectivity index (χ0) is 20.1. The molecule has 3 aromatic carbocycles. The van der Waals surface area contributed by atoms with Crippen LogP contribution in [0, 0.1) is 0 Å². The third kappa shape index (κ3) is 4.25. The molecular weight excluding hydrogens is 356 g/mol. The van der Waals surface area contributed by atoms with Gasteiger partial charge in [-0.25, -0.2) is 4.68 Å². The van der Waals surface area contributed by atoms with Crippen molar-refractivity contribution in [2.45, 2.75) is 13.3 Å². The number of hydrogen-bond acceptors (Lipinski definition) is 2. The predicted molar refractivity (Wildman–Crippen MR) is 118 cm³/mol. The first-order valence-electron chi connectivity index (χ1n) is 9.76. The maximum atomic E-state index is 12.5. The summed E-state index contributed by atoms with van der Waals surface area (Å²) in [5, 5.41) is 4.81. The van der Waals surface area contributed by atoms with Gasteiger partial charge in [-0.3, -0.25) is 4.79 Å². The number of carbonyl (C=O) groups is 1. The SMILES string of the molecule is CCc1ccc(-c2nn(-c3ccccc3)cc2C=CC(=O)c2ccccc2)cc1. The fourth-order valence-corrected chi connectivity index (χ4v) is 3.21. The van der Waals surface area contributed by atoms with Gasteiger partial charge in [0.25, 0.3) is 0 Å². The molecule has 0 unspecified atom stereocenters. The number of allylic oxidation sites excluding steroid dienone is 1. The number of aromatic nitrogens is 2. The highest BCUT2D eigenvalue weighted by molar-refractivity contribution is 6.07. The molecule has 4 aromatic rings. The molecule has 0 aliphatic rings. The Balaban J connectivity index is 1.73. The molecule has 0 aliphatic carbocycles. The zero-order valence-electron chi connectivity index (χ0n) is 16.3. The molecule has 0 aliphatic heterocycles. The molecule has 142 valence electrons. The highest BCUT2D eigenvalue weighted by Gasteiger charge is 2.11. The standard InChI is InChI=1S/C26H22N2O/c1-2-20-13-15-22(16-14-20)26-23(17-18-25(29)21-9-5-3-6-10-21)19-28(27-26)24-11-7-4-8-12-24/h3-19H,2H2,1H3. The van der Waals surface area contributed by atoms with Gasteiger partial charge in [0.15, 0.2) is 5.78 Å². The monoisotopic (exact) mass is 378 g/mol. The van der Waals surface area contributed by atoms with E-state index in [9.17, 15) is 4.79 Å². The molecule has 0 bridgehead atoms. The van der Waals surface area contributed by atoms with Crippen LogP contribution in [-0.2, 0) is 6.42 Å². The predicted octanol–water partition coefficient (Wildman–Crippen LogP) is 6.00. The molecule has 1 aromatic heterocycles. The molecule has 0 N–H and O–H groups in total. The third-order valence-corrected chi connectivity index (χ3v) is 4.87. The Kier molecular flexibility index (Phi) is 5.48. The van der Waals surface area contributed by atoms with E-state index in [-0.39, 0.29) is 5.78 Å². The number of aryl methyl sites for hydroxylation is 1. The van der Waals surface area contributed by atoms with E-state index in [1.807, 2.05) is 77.6 Å². The Bertz CT molecular complexity index is 1120. The van der Waals surface area contributed by atoms with Crippen molar-refractivity contribution < 1.29 is 4.79 Å². The number of rotatable bonds is 6. The number of nitrogens with zero attached hydrogens (tertiary/aromatic N) is 2. The summed E-state index contributed by atoms with van der Waals surface area (Å²) in [6.07, 6.45) is 6.43. The Morgan fingerprint density at radius 3 is 2.21 bits per heavy atom. The van der Waals surface area contributed by atoms with Gasteiger partial charge < -0.3 is 0 Å². The molecule has 0 amide bonds. The minimum atomic E-state index is -0.0228. The molecule has 0 saturated heterocycles. The van der Waals surface area contributed by atoms with Crippen LogP contribution in [0.25, 0.3) is 23.0 Å². The first kappa shape index (κ1) is 18.6. The lowest BCUT2D eigenvalue weighted by Gasteiger charge is -2.02. The molecule has 0 fully saturated rings. The van der Waals surface area contributed by atoms with Gasteiger partial charge in [-0.15, -0.1) is 0 Å². The van der Waals surface area contributed by atoms with Crippen molar-refractivity contribution in [3.8, 4) is 16.9 Å². The lowest BCUT2D eigenvalue weighted by molar-refractivity contribution is 0.104. The quantitative estimate of drug-likeness (QED) is 0.305. The number of ketones is 1. The number of para-hydroxylation sites is 1. The first-order chi connectivity index (χ1) is 14.2. The fraction of sp³-hybridized carbons (Fsp3) is 0.0769. The lowest BCUT2D eigenvalue weighted by atomic mass is 10.0. The Labute approximate surface area is 171 Å². The van der Waals surface area contributed by atoms with Crippen LogP contribution in [0.15, 0.2) is 97.2 Å². The highest BCUT2D eigenvalue weighted by atomic mass is 16.1. The maximum Gasteiger partial charge on any atom is 0.185 e. The van der Waals surface area contributed by atoms with Crippen LogP contribution in [0.2, 0.25) is 0 Å². The van der Waals surface area contributed by atoms with Crippen molar-refractivity contribution in [1.29, 1.82) is 0 Å². The van der Waals surface area contributed by atoms with Crippen LogP contribution < -0.4 is 0 Å². The summed E-state index contributed by atoms with van der Waals surface area (Å²) in [6.45, 7) is 2.14. The van der Waals surface area contributed by atoms with Gasteiger partial charge in [-0.1, -0.05) is 79.7 Å². The van der Waals surface area contributed by atoms with E-state index in [0.717, 1.165) is 28.9 Å². The maximum absolute atomic E-state index is 12.5. The number of hydrogen-bond donors (Lipinski definition) is 0. The first-order valence-corrected chi connectivity index (χ1v) is 9.76. The zero-order valence-corrected chi connectivity index (χ0v) is 16.3. The molecule has 3 heteroatoms. The van der Waals surface area contributed by atoms with Crippen LogP contribution in [0.5, 0.6) is 0 Å². The van der Waals surface area contributed by atoms with Gasteiger partial charge in [0.05, 0.1) is 11.4 Å². The summed E-state index contributed by atoms with van der Waals surface area (Å²) in [5.41, 5.74) is 5.73. The molecular formula is C26H22N2O. The summed E-state index contributed by atoms with van der Waals surface area (Å²) < 4.78 is 1.86. The van der Waals surface area contributed by atoms with Crippen molar-refractivity contribution in [2.75, 3.05) is 0 Å². The van der Waals surface area contributed by atoms with Crippen LogP contribution >= 0.6 is 0 Å². The van der Waals surface area contributed by atoms with E-state index >= 15 is 0 Å². The fourth-order valence-electron chi connectivity index (χ4n) is 3.21. The molecule has 0 atom stereocenters. The summed E-state index contributed by atoms with van der Waals surface area (Å²) in [7, 11) is 0. The summed E-state index contributed by atoms with van der Waals surface area (Å²) in [4.78, 5) is 12.5. The summed E-state index contributed by atoms with van der Waals surface area (Å²) in [5.74, 6) is -0.0228. The summed E-state index contributed by atoms with van der Waals surface area (Å²) >= 11 is 0. The van der Waals surface area contributed by atoms with E-state index < -0.39 is 0 Å². The molecule has 4 rings (SSSR count). The van der Waals surface area contributed by atoms with Gasteiger partial charge in [-0.05, 0) is 36.3 Å². The molecule has 0 radical (unpaired) electrons. The van der Waals surface area contributed by atoms with E-state index in [4.69, 9.17) is 5.10 Å². The van der Waals surface area contributed by atoms with E-state index in [2.05, 4.69) is 31.2 Å². The Morgan fingerprint density at radius 2 is 1.55 bits per heavy atom. The molecule has 3 nitrogen and oxygen atoms in total. The number of carbonyl (C=O) groups excluding carboxylic acids is 1. The topological polar surface area (TPSA) is 34.9 Å². The van der Waals surface area contributed by atoms with E-state index in [1.165, 1.54) is 5.56 Å². The van der Waals surface area contributed by atoms with Crippen LogP contribution in [0.4, 0.5) is 0 Å². The minimum Gasteiger partial charge on any atom is -0.289 e. The van der Waals surface area contributed by atoms with Crippen molar-refractivity contribution in [3.63, 3.8) is 0 Å². The van der Waals surface area contributed by atoms with Crippen molar-refractivity contribution in [2.24, 2.45) is 0 Å². The van der Waals surface area contributed by atoms with Gasteiger partial charge in [0.1, 0.15) is 0 Å². The smallest absolute Gasteiger partial charge is 0.185 e. The molecule has 0 saturated carbocycles. The average molecular weight is 378 g/mol. The minimum absolute atomic E-state index is 0.0228. The normalized spacial score (nSPS) is 11.1. The van der Waals surface area contributed by atoms with Gasteiger partial charge in [0.2, 0.25) is 0 Å². The van der Waals surface area contributed by atoms with Gasteiger partial charge in [0, 0.05) is 22.9 Å². The Morgan fingerprint density at radius 1 is 0.897 bits per heavy atom.